The van der Waals surface area contributed by atoms with E-state index in [-0.39, 0.29) is 13.1 Å². The minimum atomic E-state index is -1.01. The molecule has 2 aromatic heterocycles. The number of carboxylic acid groups (broad SMARTS) is 1. The Morgan fingerprint density at radius 1 is 1.47 bits per heavy atom. The van der Waals surface area contributed by atoms with Crippen molar-refractivity contribution >= 4 is 17.7 Å². The van der Waals surface area contributed by atoms with Crippen LogP contribution in [0, 0.1) is 0 Å². The Morgan fingerprint density at radius 3 is 3.00 bits per heavy atom. The fourth-order valence-corrected chi connectivity index (χ4v) is 1.33. The lowest BCUT2D eigenvalue weighted by Gasteiger charge is -2.03. The molecule has 2 rings (SSSR count). The maximum absolute atomic E-state index is 11.5. The monoisotopic (exact) mass is 265 g/mol. The normalized spacial score (nSPS) is 10.1. The number of amides is 2. The van der Waals surface area contributed by atoms with Crippen molar-refractivity contribution < 1.29 is 19.2 Å². The van der Waals surface area contributed by atoms with Gasteiger partial charge in [-0.2, -0.15) is 5.10 Å². The summed E-state index contributed by atoms with van der Waals surface area (Å²) in [5.41, 5.74) is 0.399. The number of aromatic nitrogens is 3. The number of nitrogens with one attached hydrogen (secondary N) is 2. The average Bonchev–Trinajstić information content (AvgIpc) is 2.97. The van der Waals surface area contributed by atoms with Crippen molar-refractivity contribution in [3.8, 4) is 0 Å². The summed E-state index contributed by atoms with van der Waals surface area (Å²) in [6, 6.07) is 1.18. The van der Waals surface area contributed by atoms with Gasteiger partial charge in [0.15, 0.2) is 5.76 Å². The standard InChI is InChI=1S/C10H11N5O4/c16-9(17)6-15-5-7(3-12-15)14-10(18)11-4-8-1-2-13-19-8/h1-3,5H,4,6H2,(H,16,17)(H2,11,14,18). The van der Waals surface area contributed by atoms with E-state index in [9.17, 15) is 9.59 Å². The van der Waals surface area contributed by atoms with Crippen molar-refractivity contribution in [3.63, 3.8) is 0 Å². The molecule has 2 heterocycles. The second-order valence-electron chi connectivity index (χ2n) is 3.61. The van der Waals surface area contributed by atoms with Crippen LogP contribution in [0.15, 0.2) is 29.2 Å². The van der Waals surface area contributed by atoms with Gasteiger partial charge in [0.2, 0.25) is 0 Å². The van der Waals surface area contributed by atoms with Gasteiger partial charge < -0.3 is 20.3 Å². The first-order valence-corrected chi connectivity index (χ1v) is 5.32. The Kier molecular flexibility index (Phi) is 3.76. The Balaban J connectivity index is 1.81. The van der Waals surface area contributed by atoms with Crippen LogP contribution in [0.5, 0.6) is 0 Å². The molecule has 0 fully saturated rings. The summed E-state index contributed by atoms with van der Waals surface area (Å²) in [5, 5.41) is 20.9. The first-order valence-electron chi connectivity index (χ1n) is 5.32. The number of hydrogen-bond donors (Lipinski definition) is 3. The molecule has 100 valence electrons. The number of rotatable bonds is 5. The van der Waals surface area contributed by atoms with Crippen molar-refractivity contribution in [3.05, 3.63) is 30.4 Å². The van der Waals surface area contributed by atoms with Gasteiger partial charge in [0, 0.05) is 12.3 Å². The van der Waals surface area contributed by atoms with E-state index in [1.54, 1.807) is 6.07 Å². The topological polar surface area (TPSA) is 122 Å². The molecule has 0 bridgehead atoms. The maximum Gasteiger partial charge on any atom is 0.325 e. The lowest BCUT2D eigenvalue weighted by Crippen LogP contribution is -2.27. The molecule has 9 heteroatoms. The number of urea groups is 1. The molecule has 2 amide bonds. The van der Waals surface area contributed by atoms with Crippen molar-refractivity contribution in [1.29, 1.82) is 0 Å². The molecule has 0 atom stereocenters. The van der Waals surface area contributed by atoms with Gasteiger partial charge >= 0.3 is 12.0 Å². The van der Waals surface area contributed by atoms with Crippen LogP contribution in [0.25, 0.3) is 0 Å². The molecule has 0 aliphatic carbocycles. The Morgan fingerprint density at radius 2 is 2.32 bits per heavy atom. The largest absolute Gasteiger partial charge is 0.480 e. The predicted molar refractivity (Wildman–Crippen MR) is 62.2 cm³/mol. The highest BCUT2D eigenvalue weighted by Gasteiger charge is 2.06. The smallest absolute Gasteiger partial charge is 0.325 e. The molecule has 0 aliphatic rings. The first kappa shape index (κ1) is 12.6. The van der Waals surface area contributed by atoms with Crippen molar-refractivity contribution in [1.82, 2.24) is 20.3 Å². The summed E-state index contributed by atoms with van der Waals surface area (Å²) in [7, 11) is 0. The van der Waals surface area contributed by atoms with Gasteiger partial charge in [-0.25, -0.2) is 4.79 Å². The molecule has 3 N–H and O–H groups in total. The van der Waals surface area contributed by atoms with E-state index in [2.05, 4.69) is 20.9 Å². The maximum atomic E-state index is 11.5. The van der Waals surface area contributed by atoms with Crippen molar-refractivity contribution in [2.75, 3.05) is 5.32 Å². The fourth-order valence-electron chi connectivity index (χ4n) is 1.33. The highest BCUT2D eigenvalue weighted by atomic mass is 16.5. The molecule has 0 aliphatic heterocycles. The van der Waals surface area contributed by atoms with Crippen LogP contribution in [0.4, 0.5) is 10.5 Å². The van der Waals surface area contributed by atoms with Crippen molar-refractivity contribution in [2.24, 2.45) is 0 Å². The van der Waals surface area contributed by atoms with Gasteiger partial charge in [-0.1, -0.05) is 5.16 Å². The zero-order chi connectivity index (χ0) is 13.7. The number of carboxylic acids is 1. The van der Waals surface area contributed by atoms with Gasteiger partial charge in [-0.3, -0.25) is 9.48 Å². The van der Waals surface area contributed by atoms with Gasteiger partial charge in [0.1, 0.15) is 6.54 Å². The lowest BCUT2D eigenvalue weighted by molar-refractivity contribution is -0.137. The van der Waals surface area contributed by atoms with E-state index in [1.807, 2.05) is 0 Å². The van der Waals surface area contributed by atoms with Crippen LogP contribution in [-0.4, -0.2) is 32.0 Å². The average molecular weight is 265 g/mol. The number of nitrogens with zero attached hydrogens (tertiary/aromatic N) is 3. The lowest BCUT2D eigenvalue weighted by atomic mass is 10.4. The SMILES string of the molecule is O=C(O)Cn1cc(NC(=O)NCc2ccno2)cn1. The summed E-state index contributed by atoms with van der Waals surface area (Å²) in [6.07, 6.45) is 4.25. The molecule has 0 aromatic carbocycles. The Hall–Kier alpha value is -2.84. The highest BCUT2D eigenvalue weighted by Crippen LogP contribution is 2.04. The third-order valence-electron chi connectivity index (χ3n) is 2.10. The molecular weight excluding hydrogens is 254 g/mol. The quantitative estimate of drug-likeness (QED) is 0.713. The zero-order valence-electron chi connectivity index (χ0n) is 9.74. The fraction of sp³-hybridized carbons (Fsp3) is 0.200. The third kappa shape index (κ3) is 3.84. The zero-order valence-corrected chi connectivity index (χ0v) is 9.74. The van der Waals surface area contributed by atoms with Crippen LogP contribution in [0.2, 0.25) is 0 Å². The van der Waals surface area contributed by atoms with E-state index in [0.29, 0.717) is 11.4 Å². The number of anilines is 1. The Bertz CT molecular complexity index is 562. The number of carbonyl (C=O) groups is 2. The summed E-state index contributed by atoms with van der Waals surface area (Å²) < 4.78 is 6.01. The van der Waals surface area contributed by atoms with E-state index in [4.69, 9.17) is 9.63 Å². The molecule has 0 saturated heterocycles. The minimum absolute atomic E-state index is 0.203. The second kappa shape index (κ2) is 5.67. The predicted octanol–water partition coefficient (Wildman–Crippen LogP) is 0.277. The van der Waals surface area contributed by atoms with E-state index in [1.165, 1.54) is 23.3 Å². The van der Waals surface area contributed by atoms with Crippen molar-refractivity contribution in [2.45, 2.75) is 13.1 Å². The Labute approximate surface area is 107 Å². The number of aliphatic carboxylic acids is 1. The van der Waals surface area contributed by atoms with Crippen LogP contribution in [0.3, 0.4) is 0 Å². The van der Waals surface area contributed by atoms with Crippen LogP contribution < -0.4 is 10.6 Å². The van der Waals surface area contributed by atoms with E-state index in [0.717, 1.165) is 0 Å². The third-order valence-corrected chi connectivity index (χ3v) is 2.10. The molecule has 2 aromatic rings. The first-order chi connectivity index (χ1) is 9.13. The van der Waals surface area contributed by atoms with Gasteiger partial charge in [0.25, 0.3) is 0 Å². The summed E-state index contributed by atoms with van der Waals surface area (Å²) in [4.78, 5) is 22.0. The number of carbonyl (C=O) groups excluding carboxylic acids is 1. The molecule has 19 heavy (non-hydrogen) atoms. The van der Waals surface area contributed by atoms with Gasteiger partial charge in [-0.15, -0.1) is 0 Å². The highest BCUT2D eigenvalue weighted by molar-refractivity contribution is 5.88. The summed E-state index contributed by atoms with van der Waals surface area (Å²) in [6.45, 7) is -0.0591. The second-order valence-corrected chi connectivity index (χ2v) is 3.61. The number of hydrogen-bond acceptors (Lipinski definition) is 5. The van der Waals surface area contributed by atoms with Gasteiger partial charge in [0.05, 0.1) is 24.6 Å². The van der Waals surface area contributed by atoms with Crippen LogP contribution in [0.1, 0.15) is 5.76 Å². The van der Waals surface area contributed by atoms with Gasteiger partial charge in [-0.05, 0) is 0 Å². The summed E-state index contributed by atoms with van der Waals surface area (Å²) in [5.74, 6) is -0.485. The van der Waals surface area contributed by atoms with E-state index >= 15 is 0 Å². The minimum Gasteiger partial charge on any atom is -0.480 e. The molecule has 0 radical (unpaired) electrons. The van der Waals surface area contributed by atoms with E-state index < -0.39 is 12.0 Å². The summed E-state index contributed by atoms with van der Waals surface area (Å²) >= 11 is 0. The molecule has 9 nitrogen and oxygen atoms in total. The van der Waals surface area contributed by atoms with Crippen LogP contribution >= 0.6 is 0 Å². The molecule has 0 spiro atoms. The molecule has 0 saturated carbocycles. The molecular formula is C10H11N5O4. The van der Waals surface area contributed by atoms with Crippen LogP contribution in [-0.2, 0) is 17.9 Å². The molecule has 0 unspecified atom stereocenters.